The van der Waals surface area contributed by atoms with Crippen molar-refractivity contribution < 1.29 is 9.47 Å². The molecule has 1 fully saturated rings. The molecule has 3 heteroatoms. The van der Waals surface area contributed by atoms with Gasteiger partial charge in [0.15, 0.2) is 0 Å². The van der Waals surface area contributed by atoms with Crippen LogP contribution in [0.5, 0.6) is 11.5 Å². The van der Waals surface area contributed by atoms with Crippen molar-refractivity contribution in [3.63, 3.8) is 0 Å². The summed E-state index contributed by atoms with van der Waals surface area (Å²) < 4.78 is 11.6. The predicted molar refractivity (Wildman–Crippen MR) is 75.5 cm³/mol. The van der Waals surface area contributed by atoms with Gasteiger partial charge >= 0.3 is 0 Å². The minimum absolute atomic E-state index is 0.0201. The second kappa shape index (κ2) is 4.41. The smallest absolute Gasteiger partial charge is 0.128 e. The summed E-state index contributed by atoms with van der Waals surface area (Å²) in [6, 6.07) is 6.05. The highest BCUT2D eigenvalue weighted by atomic mass is 16.5. The number of hydrogen-bond donors (Lipinski definition) is 1. The Bertz CT molecular complexity index is 478. The zero-order chi connectivity index (χ0) is 13.6. The Morgan fingerprint density at radius 1 is 1.32 bits per heavy atom. The Hall–Kier alpha value is -1.22. The van der Waals surface area contributed by atoms with Gasteiger partial charge in [-0.3, -0.25) is 0 Å². The lowest BCUT2D eigenvalue weighted by Crippen LogP contribution is -2.53. The van der Waals surface area contributed by atoms with E-state index in [9.17, 15) is 0 Å². The van der Waals surface area contributed by atoms with Gasteiger partial charge in [0.2, 0.25) is 0 Å². The van der Waals surface area contributed by atoms with Crippen molar-refractivity contribution in [1.82, 2.24) is 0 Å². The number of ether oxygens (including phenoxy) is 2. The van der Waals surface area contributed by atoms with Gasteiger partial charge in [-0.2, -0.15) is 0 Å². The monoisotopic (exact) mass is 261 g/mol. The van der Waals surface area contributed by atoms with Crippen LogP contribution in [0.25, 0.3) is 0 Å². The van der Waals surface area contributed by atoms with Crippen LogP contribution in [0, 0.1) is 11.8 Å². The maximum atomic E-state index is 6.32. The fourth-order valence-electron chi connectivity index (χ4n) is 3.44. The third kappa shape index (κ3) is 2.10. The van der Waals surface area contributed by atoms with Crippen molar-refractivity contribution in [1.29, 1.82) is 0 Å². The summed E-state index contributed by atoms with van der Waals surface area (Å²) in [5.74, 6) is 3.26. The van der Waals surface area contributed by atoms with Gasteiger partial charge in [-0.15, -0.1) is 0 Å². The third-order valence-electron chi connectivity index (χ3n) is 4.75. The maximum absolute atomic E-state index is 6.32. The van der Waals surface area contributed by atoms with E-state index >= 15 is 0 Å². The fourth-order valence-corrected chi connectivity index (χ4v) is 3.44. The molecule has 1 atom stereocenters. The van der Waals surface area contributed by atoms with Crippen LogP contribution in [-0.2, 0) is 0 Å². The standard InChI is InChI=1S/C16H23NO2/c1-10(2)11-7-16(8-11)9-14(17)13-5-4-12(18-3)6-15(13)19-16/h4-6,10-11,14H,7-9,17H2,1-3H3/t11?,14-,16?/m0/s1. The Morgan fingerprint density at radius 3 is 2.68 bits per heavy atom. The van der Waals surface area contributed by atoms with Crippen molar-refractivity contribution in [3.05, 3.63) is 23.8 Å². The van der Waals surface area contributed by atoms with Crippen molar-refractivity contribution in [2.45, 2.75) is 44.8 Å². The van der Waals surface area contributed by atoms with Crippen molar-refractivity contribution in [2.24, 2.45) is 17.6 Å². The van der Waals surface area contributed by atoms with Gasteiger partial charge in [0.05, 0.1) is 7.11 Å². The molecule has 0 amide bonds. The first-order chi connectivity index (χ1) is 9.03. The summed E-state index contributed by atoms with van der Waals surface area (Å²) in [5.41, 5.74) is 7.41. The SMILES string of the molecule is COc1ccc2c(c1)OC1(CC(C(C)C)C1)C[C@@H]2N. The van der Waals surface area contributed by atoms with E-state index in [0.717, 1.165) is 48.2 Å². The van der Waals surface area contributed by atoms with Gasteiger partial charge in [-0.25, -0.2) is 0 Å². The largest absolute Gasteiger partial charge is 0.497 e. The number of fused-ring (bicyclic) bond motifs is 1. The van der Waals surface area contributed by atoms with E-state index in [-0.39, 0.29) is 11.6 Å². The first-order valence-electron chi connectivity index (χ1n) is 7.15. The average Bonchev–Trinajstić information content (AvgIpc) is 2.34. The van der Waals surface area contributed by atoms with Gasteiger partial charge in [0.1, 0.15) is 17.1 Å². The molecular formula is C16H23NO2. The molecule has 104 valence electrons. The van der Waals surface area contributed by atoms with Crippen LogP contribution >= 0.6 is 0 Å². The zero-order valence-corrected chi connectivity index (χ0v) is 12.0. The lowest BCUT2D eigenvalue weighted by atomic mass is 9.62. The Labute approximate surface area is 115 Å². The minimum Gasteiger partial charge on any atom is -0.497 e. The number of methoxy groups -OCH3 is 1. The van der Waals surface area contributed by atoms with Gasteiger partial charge in [0.25, 0.3) is 0 Å². The highest BCUT2D eigenvalue weighted by molar-refractivity contribution is 5.44. The molecule has 2 N–H and O–H groups in total. The molecule has 3 rings (SSSR count). The molecule has 0 aromatic heterocycles. The van der Waals surface area contributed by atoms with Crippen LogP contribution in [0.4, 0.5) is 0 Å². The van der Waals surface area contributed by atoms with Gasteiger partial charge in [0, 0.05) is 24.1 Å². The van der Waals surface area contributed by atoms with E-state index in [1.807, 2.05) is 18.2 Å². The molecule has 1 aliphatic carbocycles. The highest BCUT2D eigenvalue weighted by Gasteiger charge is 2.50. The molecule has 1 spiro atoms. The molecule has 1 aromatic carbocycles. The molecule has 1 heterocycles. The van der Waals surface area contributed by atoms with Crippen molar-refractivity contribution in [3.8, 4) is 11.5 Å². The summed E-state index contributed by atoms with van der Waals surface area (Å²) in [6.07, 6.45) is 3.21. The molecule has 3 nitrogen and oxygen atoms in total. The van der Waals surface area contributed by atoms with Crippen LogP contribution in [0.3, 0.4) is 0 Å². The van der Waals surface area contributed by atoms with Gasteiger partial charge < -0.3 is 15.2 Å². The van der Waals surface area contributed by atoms with Gasteiger partial charge in [-0.05, 0) is 30.7 Å². The number of nitrogens with two attached hydrogens (primary N) is 1. The molecule has 1 saturated carbocycles. The lowest BCUT2D eigenvalue weighted by molar-refractivity contribution is -0.0846. The topological polar surface area (TPSA) is 44.5 Å². The second-order valence-corrected chi connectivity index (χ2v) is 6.41. The molecule has 1 aliphatic heterocycles. The summed E-state index contributed by atoms with van der Waals surface area (Å²) in [6.45, 7) is 4.58. The minimum atomic E-state index is -0.0201. The Balaban J connectivity index is 1.84. The van der Waals surface area contributed by atoms with E-state index in [4.69, 9.17) is 15.2 Å². The van der Waals surface area contributed by atoms with Crippen molar-refractivity contribution in [2.75, 3.05) is 7.11 Å². The van der Waals surface area contributed by atoms with Crippen LogP contribution in [0.2, 0.25) is 0 Å². The third-order valence-corrected chi connectivity index (χ3v) is 4.75. The summed E-state index contributed by atoms with van der Waals surface area (Å²) in [4.78, 5) is 0. The van der Waals surface area contributed by atoms with Gasteiger partial charge in [-0.1, -0.05) is 19.9 Å². The number of hydrogen-bond acceptors (Lipinski definition) is 3. The summed E-state index contributed by atoms with van der Waals surface area (Å²) in [7, 11) is 1.68. The predicted octanol–water partition coefficient (Wildman–Crippen LogP) is 3.28. The summed E-state index contributed by atoms with van der Waals surface area (Å²) in [5, 5.41) is 0. The zero-order valence-electron chi connectivity index (χ0n) is 12.0. The van der Waals surface area contributed by atoms with E-state index in [1.54, 1.807) is 7.11 Å². The molecular weight excluding hydrogens is 238 g/mol. The van der Waals surface area contributed by atoms with Crippen LogP contribution < -0.4 is 15.2 Å². The van der Waals surface area contributed by atoms with Crippen LogP contribution in [0.15, 0.2) is 18.2 Å². The first kappa shape index (κ1) is 12.8. The van der Waals surface area contributed by atoms with E-state index in [2.05, 4.69) is 13.8 Å². The number of rotatable bonds is 2. The quantitative estimate of drug-likeness (QED) is 0.888. The van der Waals surface area contributed by atoms with E-state index in [0.29, 0.717) is 0 Å². The maximum Gasteiger partial charge on any atom is 0.128 e. The number of benzene rings is 1. The van der Waals surface area contributed by atoms with Crippen LogP contribution in [-0.4, -0.2) is 12.7 Å². The lowest BCUT2D eigenvalue weighted by Gasteiger charge is -2.52. The second-order valence-electron chi connectivity index (χ2n) is 6.41. The van der Waals surface area contributed by atoms with Crippen LogP contribution in [0.1, 0.15) is 44.7 Å². The molecule has 0 saturated heterocycles. The molecule has 0 unspecified atom stereocenters. The Kier molecular flexibility index (Phi) is 2.97. The molecule has 0 bridgehead atoms. The summed E-state index contributed by atoms with van der Waals surface area (Å²) >= 11 is 0. The molecule has 19 heavy (non-hydrogen) atoms. The molecule has 2 aliphatic rings. The molecule has 1 aromatic rings. The average molecular weight is 261 g/mol. The fraction of sp³-hybridized carbons (Fsp3) is 0.625. The van der Waals surface area contributed by atoms with E-state index < -0.39 is 0 Å². The highest BCUT2D eigenvalue weighted by Crippen LogP contribution is 2.53. The van der Waals surface area contributed by atoms with Crippen molar-refractivity contribution >= 4 is 0 Å². The normalized spacial score (nSPS) is 32.7. The molecule has 0 radical (unpaired) electrons. The first-order valence-corrected chi connectivity index (χ1v) is 7.15. The Morgan fingerprint density at radius 2 is 2.05 bits per heavy atom. The van der Waals surface area contributed by atoms with E-state index in [1.165, 1.54) is 0 Å².